The molecule has 1 aliphatic rings. The van der Waals surface area contributed by atoms with Gasteiger partial charge < -0.3 is 13.7 Å². The van der Waals surface area contributed by atoms with Crippen molar-refractivity contribution in [1.29, 1.82) is 0 Å². The first-order valence-corrected chi connectivity index (χ1v) is 13.1. The average Bonchev–Trinajstić information content (AvgIpc) is 3.47. The summed E-state index contributed by atoms with van der Waals surface area (Å²) in [6.45, 7) is 3.31. The molecule has 176 valence electrons. The number of benzene rings is 1. The summed E-state index contributed by atoms with van der Waals surface area (Å²) in [5, 5.41) is 8.26. The van der Waals surface area contributed by atoms with E-state index >= 15 is 0 Å². The number of sulfonamides is 1. The molecule has 0 spiro atoms. The molecule has 1 amide bonds. The van der Waals surface area contributed by atoms with Crippen molar-refractivity contribution < 1.29 is 22.0 Å². The number of rotatable bonds is 8. The van der Waals surface area contributed by atoms with E-state index in [9.17, 15) is 13.2 Å². The predicted molar refractivity (Wildman–Crippen MR) is 123 cm³/mol. The summed E-state index contributed by atoms with van der Waals surface area (Å²) in [5.74, 6) is 1.74. The first-order chi connectivity index (χ1) is 15.8. The highest BCUT2D eigenvalue weighted by Gasteiger charge is 2.26. The minimum Gasteiger partial charge on any atom is -0.464 e. The zero-order chi connectivity index (χ0) is 23.4. The monoisotopic (exact) mass is 490 g/mol. The Balaban J connectivity index is 1.39. The topological polar surface area (TPSA) is 110 Å². The van der Waals surface area contributed by atoms with Gasteiger partial charge in [0.15, 0.2) is 0 Å². The van der Waals surface area contributed by atoms with E-state index in [0.717, 1.165) is 36.8 Å². The van der Waals surface area contributed by atoms with Gasteiger partial charge in [-0.2, -0.15) is 4.31 Å². The Bertz CT molecular complexity index is 1210. The van der Waals surface area contributed by atoms with Gasteiger partial charge >= 0.3 is 0 Å². The van der Waals surface area contributed by atoms with Crippen molar-refractivity contribution in [2.45, 2.75) is 42.8 Å². The average molecular weight is 491 g/mol. The highest BCUT2D eigenvalue weighted by atomic mass is 32.2. The van der Waals surface area contributed by atoms with Crippen molar-refractivity contribution in [3.05, 3.63) is 47.9 Å². The molecule has 0 radical (unpaired) electrons. The zero-order valence-electron chi connectivity index (χ0n) is 18.6. The van der Waals surface area contributed by atoms with E-state index in [1.807, 2.05) is 19.1 Å². The van der Waals surface area contributed by atoms with E-state index in [-0.39, 0.29) is 27.7 Å². The van der Waals surface area contributed by atoms with Crippen LogP contribution in [0.2, 0.25) is 0 Å². The molecule has 0 atom stereocenters. The largest absolute Gasteiger partial charge is 0.464 e. The molecule has 2 aromatic heterocycles. The number of piperidine rings is 1. The number of thioether (sulfide) groups is 1. The van der Waals surface area contributed by atoms with Crippen LogP contribution in [0.1, 0.15) is 30.8 Å². The first kappa shape index (κ1) is 23.5. The highest BCUT2D eigenvalue weighted by Crippen LogP contribution is 2.27. The lowest BCUT2D eigenvalue weighted by atomic mass is 10.2. The van der Waals surface area contributed by atoms with Crippen molar-refractivity contribution in [3.8, 4) is 11.5 Å². The van der Waals surface area contributed by atoms with E-state index < -0.39 is 10.0 Å². The van der Waals surface area contributed by atoms with Gasteiger partial charge in [-0.25, -0.2) is 8.42 Å². The van der Waals surface area contributed by atoms with Gasteiger partial charge in [0, 0.05) is 25.7 Å². The van der Waals surface area contributed by atoms with Crippen LogP contribution in [0.5, 0.6) is 0 Å². The standard InChI is InChI=1S/C22H26N4O5S2/c1-16-9-10-18(30-16)14-25(2)20(27)15-32-22-24-23-21(31-22)17-7-6-8-19(13-17)33(28,29)26-11-4-3-5-12-26/h6-10,13H,3-5,11-12,14-15H2,1-2H3. The molecule has 33 heavy (non-hydrogen) atoms. The highest BCUT2D eigenvalue weighted by molar-refractivity contribution is 7.99. The maximum absolute atomic E-state index is 13.0. The second kappa shape index (κ2) is 10.1. The van der Waals surface area contributed by atoms with Gasteiger partial charge in [0.1, 0.15) is 11.5 Å². The summed E-state index contributed by atoms with van der Waals surface area (Å²) in [6.07, 6.45) is 2.80. The number of aromatic nitrogens is 2. The zero-order valence-corrected chi connectivity index (χ0v) is 20.2. The third kappa shape index (κ3) is 5.66. The molecular formula is C22H26N4O5S2. The van der Waals surface area contributed by atoms with Crippen LogP contribution < -0.4 is 0 Å². The molecule has 1 aliphatic heterocycles. The van der Waals surface area contributed by atoms with Crippen LogP contribution in [0.25, 0.3) is 11.5 Å². The Kier molecular flexibility index (Phi) is 7.20. The number of aryl methyl sites for hydroxylation is 1. The van der Waals surface area contributed by atoms with Gasteiger partial charge in [-0.15, -0.1) is 10.2 Å². The number of hydrogen-bond acceptors (Lipinski definition) is 8. The van der Waals surface area contributed by atoms with Crippen LogP contribution in [0.3, 0.4) is 0 Å². The summed E-state index contributed by atoms with van der Waals surface area (Å²) in [6, 6.07) is 10.2. The Morgan fingerprint density at radius 3 is 2.64 bits per heavy atom. The maximum Gasteiger partial charge on any atom is 0.277 e. The summed E-state index contributed by atoms with van der Waals surface area (Å²) in [4.78, 5) is 14.2. The summed E-state index contributed by atoms with van der Waals surface area (Å²) in [5.41, 5.74) is 0.518. The fraction of sp³-hybridized carbons (Fsp3) is 0.409. The van der Waals surface area contributed by atoms with Gasteiger partial charge in [0.2, 0.25) is 21.8 Å². The summed E-state index contributed by atoms with van der Waals surface area (Å²) < 4.78 is 38.6. The minimum atomic E-state index is -3.56. The molecule has 0 unspecified atom stereocenters. The van der Waals surface area contributed by atoms with Gasteiger partial charge in [-0.1, -0.05) is 24.2 Å². The number of nitrogens with zero attached hydrogens (tertiary/aromatic N) is 4. The van der Waals surface area contributed by atoms with Crippen molar-refractivity contribution >= 4 is 27.7 Å². The minimum absolute atomic E-state index is 0.108. The van der Waals surface area contributed by atoms with Gasteiger partial charge in [0.25, 0.3) is 5.22 Å². The first-order valence-electron chi connectivity index (χ1n) is 10.7. The lowest BCUT2D eigenvalue weighted by Gasteiger charge is -2.25. The fourth-order valence-corrected chi connectivity index (χ4v) is 5.82. The van der Waals surface area contributed by atoms with E-state index in [2.05, 4.69) is 10.2 Å². The molecule has 0 bridgehead atoms. The Labute approximate surface area is 197 Å². The SMILES string of the molecule is Cc1ccc(CN(C)C(=O)CSc2nnc(-c3cccc(S(=O)(=O)N4CCCCC4)c3)o2)o1. The second-order valence-corrected chi connectivity index (χ2v) is 10.8. The third-order valence-electron chi connectivity index (χ3n) is 5.37. The number of amides is 1. The van der Waals surface area contributed by atoms with Crippen LogP contribution in [0.15, 0.2) is 55.4 Å². The number of carbonyl (C=O) groups excluding carboxylic acids is 1. The van der Waals surface area contributed by atoms with Crippen molar-refractivity contribution in [2.24, 2.45) is 0 Å². The number of hydrogen-bond donors (Lipinski definition) is 0. The van der Waals surface area contributed by atoms with Gasteiger partial charge in [0.05, 0.1) is 17.2 Å². The molecule has 1 fully saturated rings. The quantitative estimate of drug-likeness (QED) is 0.441. The normalized spacial score (nSPS) is 15.0. The van der Waals surface area contributed by atoms with Crippen LogP contribution in [-0.2, 0) is 21.4 Å². The van der Waals surface area contributed by atoms with E-state index in [4.69, 9.17) is 8.83 Å². The Hall–Kier alpha value is -2.63. The Morgan fingerprint density at radius 2 is 1.91 bits per heavy atom. The molecule has 1 saturated heterocycles. The van der Waals surface area contributed by atoms with Gasteiger partial charge in [-0.05, 0) is 50.1 Å². The van der Waals surface area contributed by atoms with Crippen LogP contribution in [0, 0.1) is 6.92 Å². The number of carbonyl (C=O) groups is 1. The summed E-state index contributed by atoms with van der Waals surface area (Å²) in [7, 11) is -1.86. The lowest BCUT2D eigenvalue weighted by molar-refractivity contribution is -0.127. The number of furan rings is 1. The molecule has 1 aromatic carbocycles. The van der Waals surface area contributed by atoms with Crippen LogP contribution >= 0.6 is 11.8 Å². The van der Waals surface area contributed by atoms with Crippen molar-refractivity contribution in [1.82, 2.24) is 19.4 Å². The van der Waals surface area contributed by atoms with Crippen LogP contribution in [-0.4, -0.2) is 59.6 Å². The van der Waals surface area contributed by atoms with Crippen LogP contribution in [0.4, 0.5) is 0 Å². The molecule has 0 saturated carbocycles. The van der Waals surface area contributed by atoms with E-state index in [0.29, 0.717) is 31.0 Å². The fourth-order valence-electron chi connectivity index (χ4n) is 3.55. The predicted octanol–water partition coefficient (Wildman–Crippen LogP) is 3.56. The molecule has 11 heteroatoms. The van der Waals surface area contributed by atoms with E-state index in [1.165, 1.54) is 4.31 Å². The molecule has 9 nitrogen and oxygen atoms in total. The molecule has 3 aromatic rings. The second-order valence-electron chi connectivity index (χ2n) is 7.92. The molecular weight excluding hydrogens is 464 g/mol. The molecule has 3 heterocycles. The molecule has 0 aliphatic carbocycles. The lowest BCUT2D eigenvalue weighted by Crippen LogP contribution is -2.35. The van der Waals surface area contributed by atoms with Gasteiger partial charge in [-0.3, -0.25) is 4.79 Å². The third-order valence-corrected chi connectivity index (χ3v) is 8.07. The Morgan fingerprint density at radius 1 is 1.12 bits per heavy atom. The van der Waals surface area contributed by atoms with Crippen molar-refractivity contribution in [2.75, 3.05) is 25.9 Å². The molecule has 0 N–H and O–H groups in total. The summed E-state index contributed by atoms with van der Waals surface area (Å²) >= 11 is 1.13. The molecule has 4 rings (SSSR count). The smallest absolute Gasteiger partial charge is 0.277 e. The van der Waals surface area contributed by atoms with E-state index in [1.54, 1.807) is 36.2 Å². The maximum atomic E-state index is 13.0. The van der Waals surface area contributed by atoms with Crippen molar-refractivity contribution in [3.63, 3.8) is 0 Å².